The molecule has 112 valence electrons. The van der Waals surface area contributed by atoms with E-state index in [0.717, 1.165) is 6.42 Å². The number of ether oxygens (including phenoxy) is 1. The van der Waals surface area contributed by atoms with E-state index in [1.54, 1.807) is 18.2 Å². The highest BCUT2D eigenvalue weighted by molar-refractivity contribution is 7.92. The second-order valence-electron chi connectivity index (χ2n) is 4.29. The van der Waals surface area contributed by atoms with Crippen molar-refractivity contribution in [3.05, 3.63) is 47.6 Å². The number of hydrogen-bond donors (Lipinski definition) is 1. The van der Waals surface area contributed by atoms with Gasteiger partial charge in [-0.2, -0.15) is 0 Å². The molecule has 0 fully saturated rings. The number of anilines is 1. The van der Waals surface area contributed by atoms with Gasteiger partial charge in [-0.3, -0.25) is 4.72 Å². The summed E-state index contributed by atoms with van der Waals surface area (Å²) in [5, 5.41) is 0.440. The topological polar surface area (TPSA) is 68.3 Å². The zero-order valence-corrected chi connectivity index (χ0v) is 13.0. The van der Waals surface area contributed by atoms with E-state index in [-0.39, 0.29) is 10.7 Å². The molecule has 2 aromatic rings. The van der Waals surface area contributed by atoms with E-state index in [1.165, 1.54) is 24.4 Å². The van der Waals surface area contributed by atoms with Crippen molar-refractivity contribution in [3.63, 3.8) is 0 Å². The monoisotopic (exact) mass is 326 g/mol. The normalized spacial score (nSPS) is 11.1. The maximum absolute atomic E-state index is 12.2. The Kier molecular flexibility index (Phi) is 5.03. The lowest BCUT2D eigenvalue weighted by Gasteiger charge is -2.08. The first-order chi connectivity index (χ1) is 10.0. The highest BCUT2D eigenvalue weighted by Gasteiger charge is 2.14. The molecule has 0 atom stereocenters. The molecule has 2 rings (SSSR count). The smallest absolute Gasteiger partial charge is 0.263 e. The van der Waals surface area contributed by atoms with Crippen molar-refractivity contribution in [2.45, 2.75) is 18.2 Å². The van der Waals surface area contributed by atoms with Gasteiger partial charge in [-0.25, -0.2) is 13.4 Å². The molecule has 21 heavy (non-hydrogen) atoms. The predicted octanol–water partition coefficient (Wildman–Crippen LogP) is 3.32. The van der Waals surface area contributed by atoms with Crippen molar-refractivity contribution in [2.24, 2.45) is 0 Å². The first-order valence-corrected chi connectivity index (χ1v) is 8.24. The van der Waals surface area contributed by atoms with Crippen LogP contribution in [0.25, 0.3) is 0 Å². The van der Waals surface area contributed by atoms with E-state index >= 15 is 0 Å². The molecule has 0 amide bonds. The Morgan fingerprint density at radius 1 is 1.19 bits per heavy atom. The highest BCUT2D eigenvalue weighted by atomic mass is 35.5. The molecule has 0 radical (unpaired) electrons. The van der Waals surface area contributed by atoms with Crippen LogP contribution in [0, 0.1) is 0 Å². The summed E-state index contributed by atoms with van der Waals surface area (Å²) in [6.45, 7) is 2.60. The number of nitrogens with zero attached hydrogens (tertiary/aromatic N) is 1. The minimum Gasteiger partial charge on any atom is -0.494 e. The lowest BCUT2D eigenvalue weighted by molar-refractivity contribution is 0.317. The van der Waals surface area contributed by atoms with Gasteiger partial charge < -0.3 is 4.74 Å². The molecule has 0 aliphatic rings. The number of halogens is 1. The molecule has 0 saturated heterocycles. The maximum atomic E-state index is 12.2. The first kappa shape index (κ1) is 15.6. The third-order valence-corrected chi connectivity index (χ3v) is 4.17. The number of benzene rings is 1. The van der Waals surface area contributed by atoms with Gasteiger partial charge >= 0.3 is 0 Å². The Balaban J connectivity index is 2.13. The van der Waals surface area contributed by atoms with Crippen molar-refractivity contribution in [3.8, 4) is 5.75 Å². The van der Waals surface area contributed by atoms with E-state index < -0.39 is 10.0 Å². The van der Waals surface area contributed by atoms with Gasteiger partial charge in [0.15, 0.2) is 0 Å². The molecule has 0 bridgehead atoms. The fourth-order valence-electron chi connectivity index (χ4n) is 1.57. The van der Waals surface area contributed by atoms with Crippen molar-refractivity contribution >= 4 is 27.4 Å². The number of nitrogens with one attached hydrogen (secondary N) is 1. The Labute approximate surface area is 129 Å². The van der Waals surface area contributed by atoms with Crippen molar-refractivity contribution in [2.75, 3.05) is 11.3 Å². The summed E-state index contributed by atoms with van der Waals surface area (Å²) in [5.41, 5.74) is 0. The van der Waals surface area contributed by atoms with Crippen LogP contribution in [0.2, 0.25) is 5.02 Å². The van der Waals surface area contributed by atoms with Crippen molar-refractivity contribution in [1.29, 1.82) is 0 Å². The Bertz CT molecular complexity index is 685. The largest absolute Gasteiger partial charge is 0.494 e. The Hall–Kier alpha value is -1.79. The minimum atomic E-state index is -3.67. The highest BCUT2D eigenvalue weighted by Crippen LogP contribution is 2.19. The van der Waals surface area contributed by atoms with E-state index in [2.05, 4.69) is 9.71 Å². The zero-order chi connectivity index (χ0) is 15.3. The third-order valence-electron chi connectivity index (χ3n) is 2.57. The van der Waals surface area contributed by atoms with Crippen LogP contribution in [-0.4, -0.2) is 20.0 Å². The van der Waals surface area contributed by atoms with Crippen LogP contribution in [0.1, 0.15) is 13.3 Å². The van der Waals surface area contributed by atoms with E-state index in [1.807, 2.05) is 6.92 Å². The standard InChI is InChI=1S/C14H15ClN2O3S/c1-2-9-20-12-4-6-13(7-5-12)21(18,19)17-14-8-3-11(15)10-16-14/h3-8,10H,2,9H2,1H3,(H,16,17). The molecule has 0 aliphatic carbocycles. The number of sulfonamides is 1. The second kappa shape index (κ2) is 6.78. The third kappa shape index (κ3) is 4.34. The number of pyridine rings is 1. The quantitative estimate of drug-likeness (QED) is 0.884. The molecule has 1 aromatic heterocycles. The number of rotatable bonds is 6. The van der Waals surface area contributed by atoms with Crippen LogP contribution >= 0.6 is 11.6 Å². The molecule has 1 heterocycles. The summed E-state index contributed by atoms with van der Waals surface area (Å²) < 4.78 is 32.2. The van der Waals surface area contributed by atoms with Crippen LogP contribution in [-0.2, 0) is 10.0 Å². The van der Waals surface area contributed by atoms with E-state index in [9.17, 15) is 8.42 Å². The first-order valence-electron chi connectivity index (χ1n) is 6.38. The summed E-state index contributed by atoms with van der Waals surface area (Å²) >= 11 is 5.71. The molecule has 1 N–H and O–H groups in total. The predicted molar refractivity (Wildman–Crippen MR) is 82.3 cm³/mol. The Morgan fingerprint density at radius 2 is 1.90 bits per heavy atom. The van der Waals surface area contributed by atoms with Crippen LogP contribution < -0.4 is 9.46 Å². The number of hydrogen-bond acceptors (Lipinski definition) is 4. The summed E-state index contributed by atoms with van der Waals surface area (Å²) in [7, 11) is -3.67. The second-order valence-corrected chi connectivity index (χ2v) is 6.41. The van der Waals surface area contributed by atoms with Crippen LogP contribution in [0.5, 0.6) is 5.75 Å². The lowest BCUT2D eigenvalue weighted by atomic mass is 10.3. The molecule has 1 aromatic carbocycles. The molecule has 7 heteroatoms. The zero-order valence-electron chi connectivity index (χ0n) is 11.4. The SMILES string of the molecule is CCCOc1ccc(S(=O)(=O)Nc2ccc(Cl)cn2)cc1. The summed E-state index contributed by atoms with van der Waals surface area (Å²) in [4.78, 5) is 4.04. The molecule has 0 spiro atoms. The van der Waals surface area contributed by atoms with E-state index in [0.29, 0.717) is 17.4 Å². The average Bonchev–Trinajstić information content (AvgIpc) is 2.48. The van der Waals surface area contributed by atoms with Gasteiger partial charge in [0, 0.05) is 6.20 Å². The van der Waals surface area contributed by atoms with E-state index in [4.69, 9.17) is 16.3 Å². The average molecular weight is 327 g/mol. The summed E-state index contributed by atoms with van der Waals surface area (Å²) in [6.07, 6.45) is 2.27. The van der Waals surface area contributed by atoms with Gasteiger partial charge in [0.25, 0.3) is 10.0 Å². The summed E-state index contributed by atoms with van der Waals surface area (Å²) in [6, 6.07) is 9.29. The van der Waals surface area contributed by atoms with Crippen molar-refractivity contribution < 1.29 is 13.2 Å². The fourth-order valence-corrected chi connectivity index (χ4v) is 2.69. The molecular formula is C14H15ClN2O3S. The number of aromatic nitrogens is 1. The van der Waals surface area contributed by atoms with Crippen LogP contribution in [0.15, 0.2) is 47.5 Å². The van der Waals surface area contributed by atoms with Gasteiger partial charge in [0.05, 0.1) is 16.5 Å². The molecule has 0 aliphatic heterocycles. The Morgan fingerprint density at radius 3 is 2.48 bits per heavy atom. The molecule has 5 nitrogen and oxygen atoms in total. The maximum Gasteiger partial charge on any atom is 0.263 e. The summed E-state index contributed by atoms with van der Waals surface area (Å²) in [5.74, 6) is 0.853. The van der Waals surface area contributed by atoms with Gasteiger partial charge in [-0.1, -0.05) is 18.5 Å². The fraction of sp³-hybridized carbons (Fsp3) is 0.214. The van der Waals surface area contributed by atoms with Crippen molar-refractivity contribution in [1.82, 2.24) is 4.98 Å². The van der Waals surface area contributed by atoms with Crippen LogP contribution in [0.4, 0.5) is 5.82 Å². The van der Waals surface area contributed by atoms with Crippen LogP contribution in [0.3, 0.4) is 0 Å². The van der Waals surface area contributed by atoms with Gasteiger partial charge in [-0.15, -0.1) is 0 Å². The lowest BCUT2D eigenvalue weighted by Crippen LogP contribution is -2.13. The molecule has 0 saturated carbocycles. The molecular weight excluding hydrogens is 312 g/mol. The van der Waals surface area contributed by atoms with Gasteiger partial charge in [-0.05, 0) is 42.8 Å². The minimum absolute atomic E-state index is 0.142. The molecule has 0 unspecified atom stereocenters. The van der Waals surface area contributed by atoms with Gasteiger partial charge in [0.2, 0.25) is 0 Å². The van der Waals surface area contributed by atoms with Gasteiger partial charge in [0.1, 0.15) is 11.6 Å².